The molecule has 8 heteroatoms. The minimum Gasteiger partial charge on any atom is -0.492 e. The van der Waals surface area contributed by atoms with Crippen LogP contribution in [0.25, 0.3) is 21.8 Å². The van der Waals surface area contributed by atoms with Crippen molar-refractivity contribution in [2.24, 2.45) is 0 Å². The van der Waals surface area contributed by atoms with E-state index in [0.717, 1.165) is 40.9 Å². The first-order valence-electron chi connectivity index (χ1n) is 11.8. The predicted octanol–water partition coefficient (Wildman–Crippen LogP) is 4.25. The number of nitrogens with one attached hydrogen (secondary N) is 2. The molecule has 4 aromatic rings. The summed E-state index contributed by atoms with van der Waals surface area (Å²) in [4.78, 5) is 16.5. The number of piperazine rings is 1. The van der Waals surface area contributed by atoms with Crippen LogP contribution in [0.2, 0.25) is 0 Å². The third-order valence-corrected chi connectivity index (χ3v) is 6.64. The molecule has 0 radical (unpaired) electrons. The van der Waals surface area contributed by atoms with E-state index in [2.05, 4.69) is 68.3 Å². The monoisotopic (exact) mass is 443 g/mol. The van der Waals surface area contributed by atoms with Crippen LogP contribution in [0.4, 0.5) is 17.5 Å². The maximum atomic E-state index is 5.99. The van der Waals surface area contributed by atoms with Crippen LogP contribution >= 0.6 is 0 Å². The van der Waals surface area contributed by atoms with Gasteiger partial charge in [-0.05, 0) is 33.3 Å². The molecule has 2 bridgehead atoms. The molecule has 7 rings (SSSR count). The van der Waals surface area contributed by atoms with Gasteiger partial charge in [-0.1, -0.05) is 12.1 Å². The number of aromatic nitrogens is 4. The Balaban J connectivity index is 1.34. The minimum absolute atomic E-state index is 0.346. The second-order valence-corrected chi connectivity index (χ2v) is 9.25. The first-order chi connectivity index (χ1) is 16.1. The highest BCUT2D eigenvalue weighted by atomic mass is 16.5. The highest BCUT2D eigenvalue weighted by Crippen LogP contribution is 2.35. The molecule has 3 aromatic heterocycles. The van der Waals surface area contributed by atoms with Gasteiger partial charge in [-0.15, -0.1) is 0 Å². The topological polar surface area (TPSA) is 80.1 Å². The summed E-state index contributed by atoms with van der Waals surface area (Å²) >= 11 is 0. The lowest BCUT2D eigenvalue weighted by Gasteiger charge is -2.49. The van der Waals surface area contributed by atoms with E-state index in [0.29, 0.717) is 36.5 Å². The molecular formula is C25H29N7O. The van der Waals surface area contributed by atoms with E-state index < -0.39 is 0 Å². The van der Waals surface area contributed by atoms with Crippen LogP contribution in [0.3, 0.4) is 0 Å². The number of benzene rings is 1. The van der Waals surface area contributed by atoms with Crippen molar-refractivity contribution in [2.45, 2.75) is 45.3 Å². The minimum atomic E-state index is 0.346. The van der Waals surface area contributed by atoms with E-state index in [1.54, 1.807) is 0 Å². The fourth-order valence-corrected chi connectivity index (χ4v) is 5.06. The molecule has 6 heterocycles. The summed E-state index contributed by atoms with van der Waals surface area (Å²) in [5.74, 6) is 2.04. The summed E-state index contributed by atoms with van der Waals surface area (Å²) in [6.45, 7) is 8.96. The van der Waals surface area contributed by atoms with Gasteiger partial charge in [-0.2, -0.15) is 0 Å². The van der Waals surface area contributed by atoms with E-state index in [1.165, 1.54) is 11.8 Å². The molecule has 2 unspecified atom stereocenters. The molecule has 3 fully saturated rings. The van der Waals surface area contributed by atoms with Crippen molar-refractivity contribution < 1.29 is 4.74 Å². The summed E-state index contributed by atoms with van der Waals surface area (Å²) in [6, 6.07) is 9.79. The van der Waals surface area contributed by atoms with Gasteiger partial charge in [0.15, 0.2) is 0 Å². The number of pyridine rings is 1. The zero-order chi connectivity index (χ0) is 22.5. The van der Waals surface area contributed by atoms with Crippen molar-refractivity contribution in [3.8, 4) is 5.75 Å². The van der Waals surface area contributed by atoms with Crippen LogP contribution in [-0.4, -0.2) is 51.3 Å². The number of ether oxygens (including phenoxy) is 1. The van der Waals surface area contributed by atoms with Crippen LogP contribution in [0.15, 0.2) is 42.9 Å². The van der Waals surface area contributed by atoms with E-state index in [9.17, 15) is 0 Å². The standard InChI is InChI=1S/C25H29N7O/c1-4-33-21-10-22(26-12-20(21)31-13-18-9-19(14-31)28-18)29-25-27-11-17-6-5-16-7-8-32(15(2)3)24(16)23(17)30-25/h5-8,10-12,15,18-19,28H,4,9,13-14H2,1-3H3,(H,26,27,29,30). The van der Waals surface area contributed by atoms with Gasteiger partial charge in [0.25, 0.3) is 0 Å². The van der Waals surface area contributed by atoms with Gasteiger partial charge in [-0.3, -0.25) is 0 Å². The number of hydrogen-bond donors (Lipinski definition) is 2. The third kappa shape index (κ3) is 3.54. The molecule has 0 spiro atoms. The van der Waals surface area contributed by atoms with Crippen molar-refractivity contribution in [3.05, 3.63) is 42.9 Å². The third-order valence-electron chi connectivity index (χ3n) is 6.64. The fourth-order valence-electron chi connectivity index (χ4n) is 5.06. The number of fused-ring (bicyclic) bond motifs is 5. The Bertz CT molecular complexity index is 1320. The Hall–Kier alpha value is -3.39. The molecule has 8 nitrogen and oxygen atoms in total. The zero-order valence-electron chi connectivity index (χ0n) is 19.2. The highest BCUT2D eigenvalue weighted by molar-refractivity contribution is 6.03. The van der Waals surface area contributed by atoms with E-state index in [-0.39, 0.29) is 0 Å². The molecule has 2 atom stereocenters. The zero-order valence-corrected chi connectivity index (χ0v) is 19.2. The SMILES string of the molecule is CCOc1cc(Nc2ncc3ccc4ccn(C(C)C)c4c3n2)ncc1N1CC2CC(C1)N2. The van der Waals surface area contributed by atoms with Gasteiger partial charge >= 0.3 is 0 Å². The average molecular weight is 444 g/mol. The first kappa shape index (κ1) is 20.2. The second kappa shape index (κ2) is 7.88. The molecule has 3 aliphatic rings. The molecule has 0 saturated carbocycles. The van der Waals surface area contributed by atoms with Crippen LogP contribution in [0.5, 0.6) is 5.75 Å². The van der Waals surface area contributed by atoms with Crippen LogP contribution < -0.4 is 20.3 Å². The lowest BCUT2D eigenvalue weighted by molar-refractivity contribution is 0.224. The number of rotatable bonds is 6. The average Bonchev–Trinajstić information content (AvgIpc) is 3.24. The van der Waals surface area contributed by atoms with Crippen molar-refractivity contribution in [3.63, 3.8) is 0 Å². The predicted molar refractivity (Wildman–Crippen MR) is 132 cm³/mol. The summed E-state index contributed by atoms with van der Waals surface area (Å²) in [6.07, 6.45) is 7.16. The van der Waals surface area contributed by atoms with E-state index >= 15 is 0 Å². The largest absolute Gasteiger partial charge is 0.492 e. The normalized spacial score (nSPS) is 19.8. The number of anilines is 3. The molecule has 1 aromatic carbocycles. The maximum Gasteiger partial charge on any atom is 0.228 e. The molecule has 3 saturated heterocycles. The van der Waals surface area contributed by atoms with Crippen LogP contribution in [0.1, 0.15) is 33.2 Å². The Morgan fingerprint density at radius 3 is 2.67 bits per heavy atom. The van der Waals surface area contributed by atoms with Gasteiger partial charge in [0.1, 0.15) is 17.1 Å². The molecular weight excluding hydrogens is 414 g/mol. The number of hydrogen-bond acceptors (Lipinski definition) is 7. The lowest BCUT2D eigenvalue weighted by atomic mass is 9.91. The van der Waals surface area contributed by atoms with Gasteiger partial charge in [-0.25, -0.2) is 15.0 Å². The quantitative estimate of drug-likeness (QED) is 0.461. The Morgan fingerprint density at radius 1 is 1.12 bits per heavy atom. The fraction of sp³-hybridized carbons (Fsp3) is 0.400. The molecule has 33 heavy (non-hydrogen) atoms. The molecule has 170 valence electrons. The summed E-state index contributed by atoms with van der Waals surface area (Å²) in [7, 11) is 0. The Labute approximate surface area is 193 Å². The molecule has 0 aliphatic carbocycles. The van der Waals surface area contributed by atoms with Gasteiger partial charge in [0.2, 0.25) is 5.95 Å². The Morgan fingerprint density at radius 2 is 1.91 bits per heavy atom. The van der Waals surface area contributed by atoms with E-state index in [1.807, 2.05) is 25.4 Å². The van der Waals surface area contributed by atoms with Gasteiger partial charge < -0.3 is 24.8 Å². The molecule has 0 amide bonds. The van der Waals surface area contributed by atoms with Gasteiger partial charge in [0, 0.05) is 60.4 Å². The number of piperidine rings is 1. The summed E-state index contributed by atoms with van der Waals surface area (Å²) in [5.41, 5.74) is 3.11. The summed E-state index contributed by atoms with van der Waals surface area (Å²) < 4.78 is 8.25. The van der Waals surface area contributed by atoms with Crippen molar-refractivity contribution >= 4 is 39.3 Å². The van der Waals surface area contributed by atoms with Crippen molar-refractivity contribution in [1.82, 2.24) is 24.8 Å². The lowest BCUT2D eigenvalue weighted by Crippen LogP contribution is -2.67. The number of nitrogens with zero attached hydrogens (tertiary/aromatic N) is 5. The van der Waals surface area contributed by atoms with E-state index in [4.69, 9.17) is 9.72 Å². The van der Waals surface area contributed by atoms with Crippen molar-refractivity contribution in [2.75, 3.05) is 29.9 Å². The summed E-state index contributed by atoms with van der Waals surface area (Å²) in [5, 5.41) is 9.07. The Kier molecular flexibility index (Phi) is 4.83. The van der Waals surface area contributed by atoms with Crippen molar-refractivity contribution in [1.29, 1.82) is 0 Å². The maximum absolute atomic E-state index is 5.99. The first-order valence-corrected chi connectivity index (χ1v) is 11.8. The van der Waals surface area contributed by atoms with Gasteiger partial charge in [0.05, 0.1) is 24.0 Å². The molecule has 3 aliphatic heterocycles. The second-order valence-electron chi connectivity index (χ2n) is 9.25. The molecule has 2 N–H and O–H groups in total. The van der Waals surface area contributed by atoms with Crippen LogP contribution in [-0.2, 0) is 0 Å². The smallest absolute Gasteiger partial charge is 0.228 e. The highest BCUT2D eigenvalue weighted by Gasteiger charge is 2.37. The van der Waals surface area contributed by atoms with Crippen LogP contribution in [0, 0.1) is 0 Å².